The van der Waals surface area contributed by atoms with Gasteiger partial charge in [-0.2, -0.15) is 10.2 Å². The van der Waals surface area contributed by atoms with E-state index >= 15 is 0 Å². The highest BCUT2D eigenvalue weighted by molar-refractivity contribution is 6.35. The molecule has 1 N–H and O–H groups in total. The van der Waals surface area contributed by atoms with Crippen molar-refractivity contribution in [2.45, 2.75) is 40.2 Å². The zero-order chi connectivity index (χ0) is 25.4. The van der Waals surface area contributed by atoms with Gasteiger partial charge in [-0.05, 0) is 63.8 Å². The molecule has 0 unspecified atom stereocenters. The fraction of sp³-hybridized carbons (Fsp3) is 0.320. The Morgan fingerprint density at radius 2 is 1.94 bits per heavy atom. The molecule has 11 heteroatoms. The van der Waals surface area contributed by atoms with Gasteiger partial charge in [-0.25, -0.2) is 23.8 Å². The largest absolute Gasteiger partial charge is 0.462 e. The van der Waals surface area contributed by atoms with E-state index in [0.29, 0.717) is 45.3 Å². The molecule has 1 aromatic carbocycles. The highest BCUT2D eigenvalue weighted by atomic mass is 35.5. The first-order valence-corrected chi connectivity index (χ1v) is 12.1. The van der Waals surface area contributed by atoms with Crippen LogP contribution in [0, 0.1) is 25.6 Å². The molecule has 4 aromatic rings. The lowest BCUT2D eigenvalue weighted by Crippen LogP contribution is -2.08. The SMILES string of the molecule is CCOC(=O)c1c(C)nn(-c2cc(Nc3nn(CC4CC4)c(-c4ccc(F)cc4)c3Cl)ncn2)c1C. The lowest BCUT2D eigenvalue weighted by atomic mass is 10.1. The van der Waals surface area contributed by atoms with E-state index in [1.165, 1.54) is 18.5 Å². The first-order chi connectivity index (χ1) is 17.4. The Morgan fingerprint density at radius 1 is 1.19 bits per heavy atom. The topological polar surface area (TPSA) is 99.8 Å². The standard InChI is InChI=1S/C25H25ClFN7O2/c1-4-36-25(35)21-14(2)31-34(15(21)3)20-11-19(28-13-29-20)30-24-22(26)23(17-7-9-18(27)10-8-17)33(32-24)12-16-5-6-16/h7-11,13,16H,4-6,12H2,1-3H3,(H,28,29,30,32). The van der Waals surface area contributed by atoms with Gasteiger partial charge in [0.15, 0.2) is 11.6 Å². The maximum Gasteiger partial charge on any atom is 0.341 e. The fourth-order valence-corrected chi connectivity index (χ4v) is 4.39. The minimum absolute atomic E-state index is 0.276. The van der Waals surface area contributed by atoms with Gasteiger partial charge in [0.25, 0.3) is 0 Å². The van der Waals surface area contributed by atoms with Crippen molar-refractivity contribution in [3.05, 3.63) is 64.5 Å². The Morgan fingerprint density at radius 3 is 2.64 bits per heavy atom. The molecular weight excluding hydrogens is 485 g/mol. The van der Waals surface area contributed by atoms with Crippen molar-refractivity contribution in [1.82, 2.24) is 29.5 Å². The number of carbonyl (C=O) groups excluding carboxylic acids is 1. The van der Waals surface area contributed by atoms with Gasteiger partial charge in [0.1, 0.15) is 28.5 Å². The molecule has 36 heavy (non-hydrogen) atoms. The van der Waals surface area contributed by atoms with Crippen LogP contribution < -0.4 is 5.32 Å². The number of aryl methyl sites for hydroxylation is 1. The van der Waals surface area contributed by atoms with E-state index in [1.807, 2.05) is 4.68 Å². The Labute approximate surface area is 212 Å². The molecule has 3 aromatic heterocycles. The van der Waals surface area contributed by atoms with E-state index in [1.54, 1.807) is 43.7 Å². The Balaban J connectivity index is 1.48. The zero-order valence-electron chi connectivity index (χ0n) is 20.1. The third-order valence-corrected chi connectivity index (χ3v) is 6.39. The van der Waals surface area contributed by atoms with Gasteiger partial charge in [0.2, 0.25) is 0 Å². The van der Waals surface area contributed by atoms with Gasteiger partial charge in [0, 0.05) is 18.2 Å². The van der Waals surface area contributed by atoms with Crippen LogP contribution in [-0.2, 0) is 11.3 Å². The number of esters is 1. The summed E-state index contributed by atoms with van der Waals surface area (Å²) in [6, 6.07) is 7.89. The van der Waals surface area contributed by atoms with Gasteiger partial charge in [-0.3, -0.25) is 4.68 Å². The maximum absolute atomic E-state index is 13.5. The van der Waals surface area contributed by atoms with E-state index in [9.17, 15) is 9.18 Å². The van der Waals surface area contributed by atoms with Crippen LogP contribution in [0.1, 0.15) is 41.5 Å². The number of benzene rings is 1. The number of halogens is 2. The molecule has 0 atom stereocenters. The third-order valence-electron chi connectivity index (χ3n) is 6.03. The Kier molecular flexibility index (Phi) is 6.44. The Hall–Kier alpha value is -3.79. The average Bonchev–Trinajstić information content (AvgIpc) is 3.55. The molecule has 3 heterocycles. The molecule has 5 rings (SSSR count). The predicted octanol–water partition coefficient (Wildman–Crippen LogP) is 5.27. The zero-order valence-corrected chi connectivity index (χ0v) is 20.9. The van der Waals surface area contributed by atoms with Crippen LogP contribution in [0.5, 0.6) is 0 Å². The molecule has 0 bridgehead atoms. The summed E-state index contributed by atoms with van der Waals surface area (Å²) >= 11 is 6.78. The highest BCUT2D eigenvalue weighted by Gasteiger charge is 2.27. The summed E-state index contributed by atoms with van der Waals surface area (Å²) in [7, 11) is 0. The molecule has 0 radical (unpaired) electrons. The van der Waals surface area contributed by atoms with Crippen molar-refractivity contribution in [3.63, 3.8) is 0 Å². The molecule has 0 spiro atoms. The minimum atomic E-state index is -0.424. The minimum Gasteiger partial charge on any atom is -0.462 e. The first kappa shape index (κ1) is 23.9. The second-order valence-electron chi connectivity index (χ2n) is 8.71. The first-order valence-electron chi connectivity index (χ1n) is 11.7. The van der Waals surface area contributed by atoms with Gasteiger partial charge >= 0.3 is 5.97 Å². The summed E-state index contributed by atoms with van der Waals surface area (Å²) in [6.07, 6.45) is 3.69. The third kappa shape index (κ3) is 4.68. The lowest BCUT2D eigenvalue weighted by molar-refractivity contribution is 0.0524. The van der Waals surface area contributed by atoms with Gasteiger partial charge < -0.3 is 10.1 Å². The monoisotopic (exact) mass is 509 g/mol. The summed E-state index contributed by atoms with van der Waals surface area (Å²) in [4.78, 5) is 21.0. The van der Waals surface area contributed by atoms with Crippen molar-refractivity contribution in [2.24, 2.45) is 5.92 Å². The molecule has 0 aliphatic heterocycles. The summed E-state index contributed by atoms with van der Waals surface area (Å²) in [5, 5.41) is 12.8. The van der Waals surface area contributed by atoms with Gasteiger partial charge in [-0.1, -0.05) is 11.6 Å². The second kappa shape index (κ2) is 9.69. The van der Waals surface area contributed by atoms with Crippen LogP contribution >= 0.6 is 11.6 Å². The van der Waals surface area contributed by atoms with Gasteiger partial charge in [-0.15, -0.1) is 0 Å². The van der Waals surface area contributed by atoms with E-state index < -0.39 is 5.97 Å². The number of ether oxygens (including phenoxy) is 1. The second-order valence-corrected chi connectivity index (χ2v) is 9.09. The van der Waals surface area contributed by atoms with Crippen LogP contribution in [0.15, 0.2) is 36.7 Å². The van der Waals surface area contributed by atoms with E-state index in [-0.39, 0.29) is 12.4 Å². The summed E-state index contributed by atoms with van der Waals surface area (Å²) in [6.45, 7) is 6.30. The molecule has 1 saturated carbocycles. The molecule has 1 aliphatic carbocycles. The van der Waals surface area contributed by atoms with Crippen LogP contribution in [0.4, 0.5) is 16.0 Å². The highest BCUT2D eigenvalue weighted by Crippen LogP contribution is 2.38. The molecular formula is C25H25ClFN7O2. The van der Waals surface area contributed by atoms with Crippen molar-refractivity contribution in [3.8, 4) is 17.1 Å². The van der Waals surface area contributed by atoms with Crippen molar-refractivity contribution < 1.29 is 13.9 Å². The van der Waals surface area contributed by atoms with Crippen LogP contribution in [0.2, 0.25) is 5.02 Å². The number of rotatable bonds is 8. The van der Waals surface area contributed by atoms with Crippen molar-refractivity contribution in [2.75, 3.05) is 11.9 Å². The maximum atomic E-state index is 13.5. The molecule has 0 saturated heterocycles. The smallest absolute Gasteiger partial charge is 0.341 e. The molecule has 1 aliphatic rings. The van der Waals surface area contributed by atoms with Crippen LogP contribution in [0.3, 0.4) is 0 Å². The summed E-state index contributed by atoms with van der Waals surface area (Å²) < 4.78 is 22.1. The van der Waals surface area contributed by atoms with E-state index in [2.05, 4.69) is 20.4 Å². The average molecular weight is 510 g/mol. The van der Waals surface area contributed by atoms with Crippen LogP contribution in [0.25, 0.3) is 17.1 Å². The van der Waals surface area contributed by atoms with E-state index in [0.717, 1.165) is 30.6 Å². The molecule has 9 nitrogen and oxygen atoms in total. The van der Waals surface area contributed by atoms with Crippen LogP contribution in [-0.4, -0.2) is 42.1 Å². The molecule has 1 fully saturated rings. The van der Waals surface area contributed by atoms with E-state index in [4.69, 9.17) is 21.4 Å². The van der Waals surface area contributed by atoms with Gasteiger partial charge in [0.05, 0.1) is 23.7 Å². The number of hydrogen-bond donors (Lipinski definition) is 1. The number of aromatic nitrogens is 6. The Bertz CT molecular complexity index is 1430. The number of hydrogen-bond acceptors (Lipinski definition) is 7. The van der Waals surface area contributed by atoms with Crippen molar-refractivity contribution >= 4 is 29.2 Å². The number of carbonyl (C=O) groups is 1. The quantitative estimate of drug-likeness (QED) is 0.323. The molecule has 186 valence electrons. The number of nitrogens with one attached hydrogen (secondary N) is 1. The number of anilines is 2. The molecule has 0 amide bonds. The predicted molar refractivity (Wildman–Crippen MR) is 133 cm³/mol. The van der Waals surface area contributed by atoms with Crippen molar-refractivity contribution in [1.29, 1.82) is 0 Å². The normalized spacial score (nSPS) is 13.1. The number of nitrogens with zero attached hydrogens (tertiary/aromatic N) is 6. The summed E-state index contributed by atoms with van der Waals surface area (Å²) in [5.41, 5.74) is 3.07. The fourth-order valence-electron chi connectivity index (χ4n) is 4.10. The summed E-state index contributed by atoms with van der Waals surface area (Å²) in [5.74, 6) is 1.17. The lowest BCUT2D eigenvalue weighted by Gasteiger charge is -2.07.